The number of anilines is 1. The summed E-state index contributed by atoms with van der Waals surface area (Å²) in [6.07, 6.45) is -2.91. The molecular weight excluding hydrogens is 381 g/mol. The van der Waals surface area contributed by atoms with E-state index in [4.69, 9.17) is 0 Å². The van der Waals surface area contributed by atoms with Gasteiger partial charge in [-0.15, -0.1) is 0 Å². The van der Waals surface area contributed by atoms with Crippen LogP contribution in [0, 0.1) is 12.8 Å². The number of carbonyl (C=O) groups excluding carboxylic acids is 2. The molecule has 1 amide bonds. The zero-order chi connectivity index (χ0) is 21.2. The van der Waals surface area contributed by atoms with E-state index in [2.05, 4.69) is 12.2 Å². The maximum absolute atomic E-state index is 13.6. The van der Waals surface area contributed by atoms with E-state index in [1.807, 2.05) is 4.90 Å². The lowest BCUT2D eigenvalue weighted by atomic mass is 10.0. The van der Waals surface area contributed by atoms with Gasteiger partial charge in [0.25, 0.3) is 5.91 Å². The van der Waals surface area contributed by atoms with Crippen molar-refractivity contribution in [2.45, 2.75) is 33.0 Å². The number of likely N-dealkylation sites (tertiary alicyclic amines) is 1. The third kappa shape index (κ3) is 5.03. The van der Waals surface area contributed by atoms with Gasteiger partial charge >= 0.3 is 6.18 Å². The number of nitrogens with one attached hydrogen (secondary N) is 1. The molecule has 1 heterocycles. The standard InChI is InChI=1S/C22H23F3N2O2/c1-14-7-8-27(11-14)12-17-5-4-16(10-20(17)22(23,24)25)21(29)26-19-6-3-15(2)18(9-19)13-28/h3-6,9-10,13-14H,7-8,11-12H2,1-2H3,(H,26,29). The van der Waals surface area contributed by atoms with E-state index < -0.39 is 17.6 Å². The lowest BCUT2D eigenvalue weighted by Gasteiger charge is -2.20. The topological polar surface area (TPSA) is 49.4 Å². The Hall–Kier alpha value is -2.67. The van der Waals surface area contributed by atoms with Crippen molar-refractivity contribution in [2.75, 3.05) is 18.4 Å². The Balaban J connectivity index is 1.84. The molecule has 1 fully saturated rings. The molecule has 3 rings (SSSR count). The van der Waals surface area contributed by atoms with Gasteiger partial charge in [-0.3, -0.25) is 14.5 Å². The van der Waals surface area contributed by atoms with Crippen molar-refractivity contribution in [3.05, 3.63) is 64.2 Å². The smallest absolute Gasteiger partial charge is 0.322 e. The van der Waals surface area contributed by atoms with Gasteiger partial charge in [-0.25, -0.2) is 0 Å². The molecule has 0 radical (unpaired) electrons. The van der Waals surface area contributed by atoms with Gasteiger partial charge < -0.3 is 5.32 Å². The highest BCUT2D eigenvalue weighted by molar-refractivity contribution is 6.04. The van der Waals surface area contributed by atoms with Crippen LogP contribution in [0.4, 0.5) is 18.9 Å². The van der Waals surface area contributed by atoms with Crippen molar-refractivity contribution >= 4 is 17.9 Å². The van der Waals surface area contributed by atoms with Crippen molar-refractivity contribution in [1.29, 1.82) is 0 Å². The number of carbonyl (C=O) groups is 2. The average molecular weight is 404 g/mol. The number of nitrogens with zero attached hydrogens (tertiary/aromatic N) is 1. The summed E-state index contributed by atoms with van der Waals surface area (Å²) in [5, 5.41) is 2.56. The van der Waals surface area contributed by atoms with Crippen LogP contribution in [-0.4, -0.2) is 30.2 Å². The van der Waals surface area contributed by atoms with Gasteiger partial charge in [-0.05, 0) is 61.2 Å². The zero-order valence-corrected chi connectivity index (χ0v) is 16.3. The van der Waals surface area contributed by atoms with Crippen molar-refractivity contribution in [3.8, 4) is 0 Å². The predicted octanol–water partition coefficient (Wildman–Crippen LogP) is 4.92. The second kappa shape index (κ2) is 8.37. The SMILES string of the molecule is Cc1ccc(NC(=O)c2ccc(CN3CCC(C)C3)c(C(F)(F)F)c2)cc1C=O. The molecule has 7 heteroatoms. The molecule has 154 valence electrons. The normalized spacial score (nSPS) is 17.3. The molecule has 29 heavy (non-hydrogen) atoms. The van der Waals surface area contributed by atoms with Gasteiger partial charge in [-0.2, -0.15) is 13.2 Å². The number of halogens is 3. The van der Waals surface area contributed by atoms with Gasteiger partial charge in [0.2, 0.25) is 0 Å². The minimum Gasteiger partial charge on any atom is -0.322 e. The third-order valence-electron chi connectivity index (χ3n) is 5.24. The number of rotatable bonds is 5. The number of aldehydes is 1. The molecule has 2 aromatic rings. The minimum atomic E-state index is -4.55. The summed E-state index contributed by atoms with van der Waals surface area (Å²) in [7, 11) is 0. The van der Waals surface area contributed by atoms with Crippen molar-refractivity contribution in [1.82, 2.24) is 4.90 Å². The van der Waals surface area contributed by atoms with E-state index >= 15 is 0 Å². The van der Waals surface area contributed by atoms with Gasteiger partial charge in [0.1, 0.15) is 6.29 Å². The van der Waals surface area contributed by atoms with Crippen LogP contribution < -0.4 is 5.32 Å². The maximum Gasteiger partial charge on any atom is 0.416 e. The number of hydrogen-bond acceptors (Lipinski definition) is 3. The number of benzene rings is 2. The highest BCUT2D eigenvalue weighted by Gasteiger charge is 2.35. The molecule has 0 spiro atoms. The second-order valence-corrected chi connectivity index (χ2v) is 7.64. The van der Waals surface area contributed by atoms with Crippen LogP contribution in [0.3, 0.4) is 0 Å². The first-order valence-electron chi connectivity index (χ1n) is 9.47. The lowest BCUT2D eigenvalue weighted by Crippen LogP contribution is -2.23. The summed E-state index contributed by atoms with van der Waals surface area (Å²) in [5.74, 6) is -0.183. The molecule has 0 aromatic heterocycles. The summed E-state index contributed by atoms with van der Waals surface area (Å²) in [5.41, 5.74) is 0.811. The Morgan fingerprint density at radius 1 is 1.24 bits per heavy atom. The molecule has 0 aliphatic carbocycles. The number of amides is 1. The zero-order valence-electron chi connectivity index (χ0n) is 16.3. The molecule has 1 saturated heterocycles. The van der Waals surface area contributed by atoms with Crippen LogP contribution >= 0.6 is 0 Å². The molecule has 1 aliphatic heterocycles. The van der Waals surface area contributed by atoms with Crippen LogP contribution in [-0.2, 0) is 12.7 Å². The fourth-order valence-electron chi connectivity index (χ4n) is 3.58. The van der Waals surface area contributed by atoms with Crippen molar-refractivity contribution in [2.24, 2.45) is 5.92 Å². The summed E-state index contributed by atoms with van der Waals surface area (Å²) in [6, 6.07) is 8.46. The van der Waals surface area contributed by atoms with Crippen molar-refractivity contribution < 1.29 is 22.8 Å². The van der Waals surface area contributed by atoms with Gasteiger partial charge in [0, 0.05) is 29.9 Å². The lowest BCUT2D eigenvalue weighted by molar-refractivity contribution is -0.138. The number of alkyl halides is 3. The van der Waals surface area contributed by atoms with E-state index in [-0.39, 0.29) is 17.7 Å². The average Bonchev–Trinajstić information content (AvgIpc) is 3.07. The van der Waals surface area contributed by atoms with E-state index in [9.17, 15) is 22.8 Å². The molecular formula is C22H23F3N2O2. The first-order valence-corrected chi connectivity index (χ1v) is 9.47. The van der Waals surface area contributed by atoms with E-state index in [0.717, 1.165) is 31.1 Å². The fraction of sp³-hybridized carbons (Fsp3) is 0.364. The molecule has 0 bridgehead atoms. The molecule has 0 saturated carbocycles. The largest absolute Gasteiger partial charge is 0.416 e. The highest BCUT2D eigenvalue weighted by atomic mass is 19.4. The monoisotopic (exact) mass is 404 g/mol. The predicted molar refractivity (Wildman–Crippen MR) is 105 cm³/mol. The quantitative estimate of drug-likeness (QED) is 0.720. The summed E-state index contributed by atoms with van der Waals surface area (Å²) in [4.78, 5) is 25.6. The van der Waals surface area contributed by atoms with Crippen LogP contribution in [0.2, 0.25) is 0 Å². The Labute approximate surface area is 167 Å². The van der Waals surface area contributed by atoms with Gasteiger partial charge in [0.05, 0.1) is 5.56 Å². The Bertz CT molecular complexity index is 925. The van der Waals surface area contributed by atoms with E-state index in [1.54, 1.807) is 19.1 Å². The number of hydrogen-bond donors (Lipinski definition) is 1. The van der Waals surface area contributed by atoms with Gasteiger partial charge in [-0.1, -0.05) is 19.1 Å². The molecule has 2 aromatic carbocycles. The maximum atomic E-state index is 13.6. The molecule has 1 unspecified atom stereocenters. The van der Waals surface area contributed by atoms with Gasteiger partial charge in [0.15, 0.2) is 0 Å². The second-order valence-electron chi connectivity index (χ2n) is 7.64. The third-order valence-corrected chi connectivity index (χ3v) is 5.24. The molecule has 4 nitrogen and oxygen atoms in total. The van der Waals surface area contributed by atoms with Crippen LogP contribution in [0.1, 0.15) is 50.8 Å². The highest BCUT2D eigenvalue weighted by Crippen LogP contribution is 2.34. The van der Waals surface area contributed by atoms with E-state index in [0.29, 0.717) is 23.5 Å². The van der Waals surface area contributed by atoms with Crippen LogP contribution in [0.25, 0.3) is 0 Å². The van der Waals surface area contributed by atoms with Crippen LogP contribution in [0.5, 0.6) is 0 Å². The number of aryl methyl sites for hydroxylation is 1. The molecule has 1 atom stereocenters. The Morgan fingerprint density at radius 3 is 2.62 bits per heavy atom. The Kier molecular flexibility index (Phi) is 6.07. The summed E-state index contributed by atoms with van der Waals surface area (Å²) < 4.78 is 40.9. The van der Waals surface area contributed by atoms with Crippen LogP contribution in [0.15, 0.2) is 36.4 Å². The first kappa shape index (κ1) is 21.0. The fourth-order valence-corrected chi connectivity index (χ4v) is 3.58. The summed E-state index contributed by atoms with van der Waals surface area (Å²) >= 11 is 0. The van der Waals surface area contributed by atoms with E-state index in [1.165, 1.54) is 18.2 Å². The minimum absolute atomic E-state index is 0.0795. The Morgan fingerprint density at radius 2 is 2.00 bits per heavy atom. The van der Waals surface area contributed by atoms with Crippen molar-refractivity contribution in [3.63, 3.8) is 0 Å². The molecule has 1 N–H and O–H groups in total. The summed E-state index contributed by atoms with van der Waals surface area (Å²) in [6.45, 7) is 5.59. The first-order chi connectivity index (χ1) is 13.7. The molecule has 1 aliphatic rings.